The quantitative estimate of drug-likeness (QED) is 0.103. The highest BCUT2D eigenvalue weighted by atomic mass is 16.7. The fourth-order valence-electron chi connectivity index (χ4n) is 8.62. The summed E-state index contributed by atoms with van der Waals surface area (Å²) < 4.78 is 29.1. The summed E-state index contributed by atoms with van der Waals surface area (Å²) in [6.07, 6.45) is -16.7. The maximum absolute atomic E-state index is 14.1. The van der Waals surface area contributed by atoms with Gasteiger partial charge in [-0.3, -0.25) is 24.0 Å². The van der Waals surface area contributed by atoms with Crippen LogP contribution in [-0.4, -0.2) is 162 Å². The highest BCUT2D eigenvalue weighted by Crippen LogP contribution is 2.57. The van der Waals surface area contributed by atoms with E-state index < -0.39 is 160 Å². The molecule has 0 bridgehead atoms. The highest BCUT2D eigenvalue weighted by Gasteiger charge is 2.53. The Morgan fingerprint density at radius 2 is 1.48 bits per heavy atom. The molecule has 3 aromatic rings. The van der Waals surface area contributed by atoms with Crippen molar-refractivity contribution in [3.05, 3.63) is 68.8 Å². The largest absolute Gasteiger partial charge is 0.507 e. The summed E-state index contributed by atoms with van der Waals surface area (Å²) in [7, 11) is 2.64. The lowest BCUT2D eigenvalue weighted by Gasteiger charge is -2.49. The van der Waals surface area contributed by atoms with Gasteiger partial charge in [-0.1, -0.05) is 6.07 Å². The van der Waals surface area contributed by atoms with E-state index in [1.165, 1.54) is 58.9 Å². The Hall–Kier alpha value is -5.75. The Morgan fingerprint density at radius 3 is 2.11 bits per heavy atom. The second kappa shape index (κ2) is 16.7. The van der Waals surface area contributed by atoms with E-state index in [2.05, 4.69) is 5.32 Å². The van der Waals surface area contributed by atoms with E-state index >= 15 is 0 Å². The van der Waals surface area contributed by atoms with Gasteiger partial charge in [-0.05, 0) is 49.6 Å². The van der Waals surface area contributed by atoms with Crippen LogP contribution in [0, 0.1) is 6.92 Å². The molecule has 63 heavy (non-hydrogen) atoms. The Balaban J connectivity index is 1.38. The van der Waals surface area contributed by atoms with Crippen molar-refractivity contribution in [2.24, 2.45) is 0 Å². The number of carboxylic acid groups (broad SMARTS) is 1. The van der Waals surface area contributed by atoms with E-state index in [9.17, 15) is 69.9 Å². The number of phenolic OH excluding ortho intramolecular Hbond substituents is 3. The van der Waals surface area contributed by atoms with Crippen LogP contribution in [0.25, 0.3) is 11.1 Å². The predicted octanol–water partition coefficient (Wildman–Crippen LogP) is -0.353. The summed E-state index contributed by atoms with van der Waals surface area (Å²) in [5, 5.41) is 102. The standard InChI is InChI=1S/C42H46N2O19/c1-12-7-20-26(33(52)23(12)39(56)43-13(2)40(57)58)25-18(10-19-27(34(25)53)30(49)17-8-16(59-6)9-21(46)24(17)29(19)48)31(50)37(20)62-42-36(55)38(28(14(3)61-42)44(5)15(4)45)63-41-35(54)32(51)22(47)11-60-41/h7-10,13-14,22,28,31-32,35-38,41-42,46-47,50-55H,11H2,1-6H3,(H,43,56)(H,57,58)/t13-,14-,22-,28+,31+,32+,35-,36-,37+,38+,41+,42+/m1/s1. The molecule has 3 aromatic carbocycles. The minimum absolute atomic E-state index is 0.000549. The topological polar surface area (TPSA) is 329 Å². The van der Waals surface area contributed by atoms with Crippen molar-refractivity contribution in [1.29, 1.82) is 0 Å². The molecular formula is C42H46N2O19. The van der Waals surface area contributed by atoms with Crippen molar-refractivity contribution in [2.75, 3.05) is 20.8 Å². The summed E-state index contributed by atoms with van der Waals surface area (Å²) in [5.74, 6) is -7.32. The zero-order valence-corrected chi connectivity index (χ0v) is 34.5. The number of nitrogens with zero attached hydrogens (tertiary/aromatic N) is 1. The molecule has 0 saturated carbocycles. The number of hydrogen-bond acceptors (Lipinski definition) is 18. The van der Waals surface area contributed by atoms with Gasteiger partial charge in [0.25, 0.3) is 5.91 Å². The van der Waals surface area contributed by atoms with Crippen LogP contribution in [0.5, 0.6) is 23.0 Å². The number of methoxy groups -OCH3 is 1. The van der Waals surface area contributed by atoms with Crippen molar-refractivity contribution < 1.29 is 93.6 Å². The zero-order valence-electron chi connectivity index (χ0n) is 34.5. The third kappa shape index (κ3) is 7.43. The molecule has 10 N–H and O–H groups in total. The maximum Gasteiger partial charge on any atom is 0.325 e. The maximum atomic E-state index is 14.1. The molecule has 0 unspecified atom stereocenters. The molecule has 21 heteroatoms. The molecule has 2 fully saturated rings. The summed E-state index contributed by atoms with van der Waals surface area (Å²) in [6.45, 7) is 4.79. The van der Waals surface area contributed by atoms with Gasteiger partial charge in [0, 0.05) is 42.3 Å². The van der Waals surface area contributed by atoms with Gasteiger partial charge in [0.1, 0.15) is 71.8 Å². The highest BCUT2D eigenvalue weighted by molar-refractivity contribution is 6.31. The minimum atomic E-state index is -1.95. The molecule has 0 spiro atoms. The molecule has 2 aliphatic carbocycles. The lowest BCUT2D eigenvalue weighted by Crippen LogP contribution is -2.66. The zero-order chi connectivity index (χ0) is 46.3. The van der Waals surface area contributed by atoms with Crippen LogP contribution in [0.2, 0.25) is 0 Å². The third-order valence-corrected chi connectivity index (χ3v) is 12.0. The Morgan fingerprint density at radius 1 is 0.841 bits per heavy atom. The van der Waals surface area contributed by atoms with Gasteiger partial charge in [-0.15, -0.1) is 0 Å². The molecule has 2 amide bonds. The van der Waals surface area contributed by atoms with Crippen LogP contribution in [0.15, 0.2) is 24.3 Å². The number of amides is 2. The van der Waals surface area contributed by atoms with E-state index in [-0.39, 0.29) is 28.0 Å². The summed E-state index contributed by atoms with van der Waals surface area (Å²) >= 11 is 0. The van der Waals surface area contributed by atoms with Crippen LogP contribution in [0.3, 0.4) is 0 Å². The number of aliphatic hydroxyl groups is 5. The molecule has 0 radical (unpaired) electrons. The number of aliphatic hydroxyl groups excluding tert-OH is 5. The second-order valence-corrected chi connectivity index (χ2v) is 15.9. The molecule has 7 rings (SSSR count). The van der Waals surface area contributed by atoms with E-state index in [0.717, 1.165) is 12.1 Å². The molecule has 4 aliphatic rings. The number of ether oxygens (including phenoxy) is 5. The first-order valence-corrected chi connectivity index (χ1v) is 19.6. The van der Waals surface area contributed by atoms with Crippen molar-refractivity contribution >= 4 is 29.4 Å². The number of rotatable bonds is 9. The molecular weight excluding hydrogens is 836 g/mol. The average molecular weight is 883 g/mol. The van der Waals surface area contributed by atoms with E-state index in [1.807, 2.05) is 0 Å². The Labute approximate surface area is 357 Å². The minimum Gasteiger partial charge on any atom is -0.507 e. The van der Waals surface area contributed by atoms with Crippen LogP contribution < -0.4 is 10.1 Å². The first-order chi connectivity index (χ1) is 29.6. The summed E-state index contributed by atoms with van der Waals surface area (Å²) in [4.78, 5) is 67.3. The van der Waals surface area contributed by atoms with Gasteiger partial charge in [0.15, 0.2) is 24.1 Å². The Bertz CT molecular complexity index is 2420. The van der Waals surface area contributed by atoms with Gasteiger partial charge >= 0.3 is 5.97 Å². The predicted molar refractivity (Wildman–Crippen MR) is 210 cm³/mol. The number of carbonyl (C=O) groups excluding carboxylic acids is 4. The molecule has 2 saturated heterocycles. The van der Waals surface area contributed by atoms with Gasteiger partial charge in [0.2, 0.25) is 5.91 Å². The van der Waals surface area contributed by atoms with Crippen molar-refractivity contribution in [2.45, 2.75) is 101 Å². The summed E-state index contributed by atoms with van der Waals surface area (Å²) in [5.41, 5.74) is -3.68. The smallest absolute Gasteiger partial charge is 0.325 e. The van der Waals surface area contributed by atoms with Gasteiger partial charge in [-0.25, -0.2) is 0 Å². The van der Waals surface area contributed by atoms with Gasteiger partial charge in [-0.2, -0.15) is 0 Å². The van der Waals surface area contributed by atoms with Gasteiger partial charge < -0.3 is 79.9 Å². The monoisotopic (exact) mass is 882 g/mol. The van der Waals surface area contributed by atoms with Crippen LogP contribution >= 0.6 is 0 Å². The number of aliphatic carboxylic acids is 1. The van der Waals surface area contributed by atoms with Crippen LogP contribution in [0.1, 0.15) is 91.9 Å². The van der Waals surface area contributed by atoms with Crippen LogP contribution in [0.4, 0.5) is 0 Å². The first kappa shape index (κ1) is 45.3. The molecule has 21 nitrogen and oxygen atoms in total. The lowest BCUT2D eigenvalue weighted by molar-refractivity contribution is -0.344. The number of aryl methyl sites for hydroxylation is 1. The molecule has 0 aromatic heterocycles. The van der Waals surface area contributed by atoms with Crippen molar-refractivity contribution in [3.63, 3.8) is 0 Å². The van der Waals surface area contributed by atoms with Crippen LogP contribution in [-0.2, 0) is 28.5 Å². The molecule has 12 atom stereocenters. The van der Waals surface area contributed by atoms with Crippen molar-refractivity contribution in [3.8, 4) is 34.1 Å². The number of aromatic hydroxyl groups is 3. The average Bonchev–Trinajstić information content (AvgIpc) is 3.22. The number of carbonyl (C=O) groups is 5. The van der Waals surface area contributed by atoms with Gasteiger partial charge in [0.05, 0.1) is 42.6 Å². The normalized spacial score (nSPS) is 29.1. The Kier molecular flexibility index (Phi) is 12.0. The van der Waals surface area contributed by atoms with E-state index in [1.54, 1.807) is 0 Å². The molecule has 338 valence electrons. The van der Waals surface area contributed by atoms with E-state index in [4.69, 9.17) is 23.7 Å². The number of fused-ring (bicyclic) bond motifs is 5. The third-order valence-electron chi connectivity index (χ3n) is 12.0. The SMILES string of the molecule is COc1cc(O)c2c(c1)C(=O)c1c(cc3c(c1O)-c1c(cc(C)c(C(=O)N[C@H](C)C(=O)O)c1O)[C@H](O[C@@H]1O[C@H](C)[C@H](N(C)C(C)=O)[C@H](O[C@@H]4OC[C@@H](O)[C@H](O)[C@H]4O)[C@H]1O)[C@H]3O)C2=O. The number of carboxylic acids is 1. The second-order valence-electron chi connectivity index (χ2n) is 15.9. The number of likely N-dealkylation sites (N-methyl/N-ethyl adjacent to an activating group) is 1. The molecule has 2 aliphatic heterocycles. The first-order valence-electron chi connectivity index (χ1n) is 19.6. The number of benzene rings is 3. The number of ketones is 2. The van der Waals surface area contributed by atoms with E-state index in [0.29, 0.717) is 0 Å². The van der Waals surface area contributed by atoms with Crippen molar-refractivity contribution in [1.82, 2.24) is 10.2 Å². The number of hydrogen-bond donors (Lipinski definition) is 10. The molecule has 2 heterocycles. The summed E-state index contributed by atoms with van der Waals surface area (Å²) in [6, 6.07) is 2.02. The number of nitrogens with one attached hydrogen (secondary N) is 1. The lowest BCUT2D eigenvalue weighted by atomic mass is 9.74. The fraction of sp³-hybridized carbons (Fsp3) is 0.452. The fourth-order valence-corrected chi connectivity index (χ4v) is 8.62. The number of phenols is 3.